The number of fused-ring (bicyclic) bond motifs is 1. The summed E-state index contributed by atoms with van der Waals surface area (Å²) in [7, 11) is 0. The minimum atomic E-state index is -0.220. The Balaban J connectivity index is 1.22. The van der Waals surface area contributed by atoms with Crippen LogP contribution < -0.4 is 10.2 Å². The van der Waals surface area contributed by atoms with Crippen LogP contribution in [0.1, 0.15) is 16.8 Å². The topological polar surface area (TPSA) is 55.8 Å². The fraction of sp³-hybridized carbons (Fsp3) is 0.292. The van der Waals surface area contributed by atoms with Crippen LogP contribution >= 0.6 is 0 Å². The molecule has 1 aliphatic rings. The Kier molecular flexibility index (Phi) is 5.96. The third kappa shape index (κ3) is 4.69. The molecule has 0 spiro atoms. The van der Waals surface area contributed by atoms with Crippen molar-refractivity contribution in [2.24, 2.45) is 0 Å². The molecule has 1 aliphatic heterocycles. The molecule has 0 saturated carbocycles. The molecule has 0 radical (unpaired) electrons. The van der Waals surface area contributed by atoms with E-state index in [1.165, 1.54) is 5.69 Å². The first-order valence-electron chi connectivity index (χ1n) is 10.2. The molecule has 1 heterocycles. The number of carbonyl (C=O) groups is 1. The molecule has 1 saturated heterocycles. The first-order valence-corrected chi connectivity index (χ1v) is 10.2. The minimum absolute atomic E-state index is 0.0261. The number of benzene rings is 3. The number of para-hydroxylation sites is 1. The van der Waals surface area contributed by atoms with Gasteiger partial charge in [-0.25, -0.2) is 0 Å². The van der Waals surface area contributed by atoms with Gasteiger partial charge >= 0.3 is 0 Å². The number of piperazine rings is 1. The first kappa shape index (κ1) is 19.3. The average Bonchev–Trinajstić information content (AvgIpc) is 2.77. The lowest BCUT2D eigenvalue weighted by molar-refractivity contribution is 0.0949. The Morgan fingerprint density at radius 3 is 2.28 bits per heavy atom. The van der Waals surface area contributed by atoms with E-state index in [0.29, 0.717) is 12.1 Å². The van der Waals surface area contributed by atoms with Crippen molar-refractivity contribution in [2.45, 2.75) is 6.42 Å². The summed E-state index contributed by atoms with van der Waals surface area (Å²) in [5, 5.41) is 15.0. The number of hydrogen-bond acceptors (Lipinski definition) is 4. The Morgan fingerprint density at radius 2 is 1.55 bits per heavy atom. The lowest BCUT2D eigenvalue weighted by atomic mass is 10.1. The lowest BCUT2D eigenvalue weighted by Gasteiger charge is -2.36. The molecule has 1 amide bonds. The van der Waals surface area contributed by atoms with Crippen LogP contribution in [0.4, 0.5) is 5.69 Å². The number of phenolic OH excluding ortho intramolecular Hbond substituents is 1. The molecule has 0 aromatic heterocycles. The van der Waals surface area contributed by atoms with Crippen LogP contribution in [0.2, 0.25) is 0 Å². The van der Waals surface area contributed by atoms with Gasteiger partial charge in [-0.2, -0.15) is 0 Å². The summed E-state index contributed by atoms with van der Waals surface area (Å²) in [4.78, 5) is 17.3. The van der Waals surface area contributed by atoms with E-state index in [9.17, 15) is 9.90 Å². The Bertz CT molecular complexity index is 966. The van der Waals surface area contributed by atoms with Crippen LogP contribution in [0.5, 0.6) is 5.75 Å². The molecule has 3 aromatic rings. The van der Waals surface area contributed by atoms with E-state index in [4.69, 9.17) is 0 Å². The number of nitrogens with zero attached hydrogens (tertiary/aromatic N) is 2. The van der Waals surface area contributed by atoms with Crippen molar-refractivity contribution in [3.63, 3.8) is 0 Å². The van der Waals surface area contributed by atoms with Crippen molar-refractivity contribution in [3.05, 3.63) is 72.3 Å². The van der Waals surface area contributed by atoms with Gasteiger partial charge in [0.05, 0.1) is 5.56 Å². The SMILES string of the molecule is O=C(NCCCN1CCN(c2ccccc2)CC1)c1cc2ccccc2cc1O. The third-order valence-electron chi connectivity index (χ3n) is 5.54. The fourth-order valence-electron chi connectivity index (χ4n) is 3.88. The summed E-state index contributed by atoms with van der Waals surface area (Å²) in [6.07, 6.45) is 0.894. The standard InChI is InChI=1S/C24H27N3O2/c28-23-18-20-8-5-4-7-19(20)17-22(23)24(29)25-11-6-12-26-13-15-27(16-14-26)21-9-2-1-3-10-21/h1-5,7-10,17-18,28H,6,11-16H2,(H,25,29). The van der Waals surface area contributed by atoms with Gasteiger partial charge in [0.25, 0.3) is 5.91 Å². The lowest BCUT2D eigenvalue weighted by Crippen LogP contribution is -2.47. The smallest absolute Gasteiger partial charge is 0.255 e. The molecule has 2 N–H and O–H groups in total. The largest absolute Gasteiger partial charge is 0.507 e. The van der Waals surface area contributed by atoms with Gasteiger partial charge in [0.1, 0.15) is 5.75 Å². The molecule has 29 heavy (non-hydrogen) atoms. The molecule has 1 fully saturated rings. The van der Waals surface area contributed by atoms with Crippen LogP contribution in [0.25, 0.3) is 10.8 Å². The fourth-order valence-corrected chi connectivity index (χ4v) is 3.88. The zero-order valence-corrected chi connectivity index (χ0v) is 16.6. The highest BCUT2D eigenvalue weighted by molar-refractivity contribution is 6.01. The van der Waals surface area contributed by atoms with Crippen LogP contribution in [-0.2, 0) is 0 Å². The van der Waals surface area contributed by atoms with E-state index < -0.39 is 0 Å². The second kappa shape index (κ2) is 8.97. The van der Waals surface area contributed by atoms with Crippen LogP contribution in [0, 0.1) is 0 Å². The van der Waals surface area contributed by atoms with E-state index in [0.717, 1.165) is 49.9 Å². The molecule has 5 nitrogen and oxygen atoms in total. The summed E-state index contributed by atoms with van der Waals surface area (Å²) in [6.45, 7) is 5.70. The number of anilines is 1. The maximum atomic E-state index is 12.5. The van der Waals surface area contributed by atoms with Crippen molar-refractivity contribution < 1.29 is 9.90 Å². The molecular weight excluding hydrogens is 362 g/mol. The van der Waals surface area contributed by atoms with Gasteiger partial charge in [-0.15, -0.1) is 0 Å². The summed E-state index contributed by atoms with van der Waals surface area (Å²) in [5.74, 6) is -0.194. The van der Waals surface area contributed by atoms with Gasteiger partial charge in [-0.05, 0) is 48.0 Å². The van der Waals surface area contributed by atoms with E-state index in [1.54, 1.807) is 12.1 Å². The number of hydrogen-bond donors (Lipinski definition) is 2. The second-order valence-corrected chi connectivity index (χ2v) is 7.49. The van der Waals surface area contributed by atoms with Gasteiger partial charge in [-0.1, -0.05) is 42.5 Å². The predicted octanol–water partition coefficient (Wildman–Crippen LogP) is 3.49. The molecule has 0 unspecified atom stereocenters. The van der Waals surface area contributed by atoms with E-state index >= 15 is 0 Å². The average molecular weight is 389 g/mol. The summed E-state index contributed by atoms with van der Waals surface area (Å²) < 4.78 is 0. The van der Waals surface area contributed by atoms with Crippen molar-refractivity contribution in [3.8, 4) is 5.75 Å². The van der Waals surface area contributed by atoms with Gasteiger partial charge in [0, 0.05) is 38.4 Å². The van der Waals surface area contributed by atoms with Gasteiger partial charge in [-0.3, -0.25) is 9.69 Å². The summed E-state index contributed by atoms with van der Waals surface area (Å²) >= 11 is 0. The highest BCUT2D eigenvalue weighted by Gasteiger charge is 2.17. The highest BCUT2D eigenvalue weighted by atomic mass is 16.3. The molecule has 0 bridgehead atoms. The van der Waals surface area contributed by atoms with Crippen molar-refractivity contribution >= 4 is 22.4 Å². The normalized spacial score (nSPS) is 14.8. The Morgan fingerprint density at radius 1 is 0.897 bits per heavy atom. The Labute approximate surface area is 171 Å². The van der Waals surface area contributed by atoms with Crippen molar-refractivity contribution in [2.75, 3.05) is 44.2 Å². The monoisotopic (exact) mass is 389 g/mol. The first-order chi connectivity index (χ1) is 14.2. The molecule has 3 aromatic carbocycles. The molecule has 0 aliphatic carbocycles. The predicted molar refractivity (Wildman–Crippen MR) is 118 cm³/mol. The van der Waals surface area contributed by atoms with Crippen LogP contribution in [0.15, 0.2) is 66.7 Å². The molecule has 5 heteroatoms. The van der Waals surface area contributed by atoms with E-state index in [1.807, 2.05) is 30.3 Å². The van der Waals surface area contributed by atoms with Gasteiger partial charge < -0.3 is 15.3 Å². The van der Waals surface area contributed by atoms with Crippen LogP contribution in [-0.4, -0.2) is 55.2 Å². The zero-order chi connectivity index (χ0) is 20.1. The maximum absolute atomic E-state index is 12.5. The van der Waals surface area contributed by atoms with Crippen molar-refractivity contribution in [1.29, 1.82) is 0 Å². The summed E-state index contributed by atoms with van der Waals surface area (Å²) in [5.41, 5.74) is 1.62. The number of aromatic hydroxyl groups is 1. The number of carbonyl (C=O) groups excluding carboxylic acids is 1. The van der Waals surface area contributed by atoms with E-state index in [2.05, 4.69) is 39.4 Å². The number of phenols is 1. The highest BCUT2D eigenvalue weighted by Crippen LogP contribution is 2.24. The van der Waals surface area contributed by atoms with Crippen LogP contribution in [0.3, 0.4) is 0 Å². The molecule has 4 rings (SSSR count). The molecule has 0 atom stereocenters. The third-order valence-corrected chi connectivity index (χ3v) is 5.54. The molecule has 150 valence electrons. The van der Waals surface area contributed by atoms with Crippen molar-refractivity contribution in [1.82, 2.24) is 10.2 Å². The second-order valence-electron chi connectivity index (χ2n) is 7.49. The number of rotatable bonds is 6. The maximum Gasteiger partial charge on any atom is 0.255 e. The summed E-state index contributed by atoms with van der Waals surface area (Å²) in [6, 6.07) is 21.6. The minimum Gasteiger partial charge on any atom is -0.507 e. The quantitative estimate of drug-likeness (QED) is 0.634. The number of nitrogens with one attached hydrogen (secondary N) is 1. The zero-order valence-electron chi connectivity index (χ0n) is 16.6. The number of amides is 1. The Hall–Kier alpha value is -3.05. The van der Waals surface area contributed by atoms with Gasteiger partial charge in [0.2, 0.25) is 0 Å². The van der Waals surface area contributed by atoms with E-state index in [-0.39, 0.29) is 11.7 Å². The van der Waals surface area contributed by atoms with Gasteiger partial charge in [0.15, 0.2) is 0 Å². The molecular formula is C24H27N3O2.